The van der Waals surface area contributed by atoms with Crippen LogP contribution >= 0.6 is 22.9 Å². The van der Waals surface area contributed by atoms with Crippen molar-refractivity contribution in [3.05, 3.63) is 10.7 Å². The van der Waals surface area contributed by atoms with Gasteiger partial charge in [0.15, 0.2) is 8.68 Å². The van der Waals surface area contributed by atoms with Crippen molar-refractivity contribution in [2.45, 2.75) is 31.0 Å². The Kier molecular flexibility index (Phi) is 4.11. The number of nitrogens with one attached hydrogen (secondary N) is 1. The highest BCUT2D eigenvalue weighted by Gasteiger charge is 2.21. The highest BCUT2D eigenvalue weighted by Crippen LogP contribution is 2.22. The summed E-state index contributed by atoms with van der Waals surface area (Å²) in [5, 5.41) is 0. The molecule has 0 spiro atoms. The Bertz CT molecular complexity index is 428. The molecule has 0 aliphatic rings. The summed E-state index contributed by atoms with van der Waals surface area (Å²) in [6.45, 7) is 5.73. The molecule has 0 fully saturated rings. The van der Waals surface area contributed by atoms with Crippen LogP contribution in [-0.4, -0.2) is 19.4 Å². The number of aromatic nitrogens is 1. The molecule has 1 unspecified atom stereocenters. The Morgan fingerprint density at radius 2 is 2.07 bits per heavy atom. The first kappa shape index (κ1) is 12.9. The molecule has 1 atom stereocenters. The van der Waals surface area contributed by atoms with Crippen molar-refractivity contribution < 1.29 is 8.42 Å². The van der Waals surface area contributed by atoms with E-state index in [0.29, 0.717) is 0 Å². The number of rotatable bonds is 4. The first-order chi connectivity index (χ1) is 6.83. The van der Waals surface area contributed by atoms with Crippen LogP contribution in [0.2, 0.25) is 4.47 Å². The van der Waals surface area contributed by atoms with E-state index >= 15 is 0 Å². The van der Waals surface area contributed by atoms with E-state index < -0.39 is 10.0 Å². The minimum Gasteiger partial charge on any atom is -0.232 e. The summed E-state index contributed by atoms with van der Waals surface area (Å²) in [6.07, 6.45) is 1.27. The predicted molar refractivity (Wildman–Crippen MR) is 61.7 cm³/mol. The zero-order chi connectivity index (χ0) is 11.6. The van der Waals surface area contributed by atoms with Crippen molar-refractivity contribution in [3.63, 3.8) is 0 Å². The summed E-state index contributed by atoms with van der Waals surface area (Å²) in [7, 11) is -3.46. The molecule has 86 valence electrons. The molecule has 0 saturated carbocycles. The van der Waals surface area contributed by atoms with Crippen molar-refractivity contribution in [3.8, 4) is 0 Å². The molecule has 0 aliphatic heterocycles. The van der Waals surface area contributed by atoms with Crippen LogP contribution in [0.1, 0.15) is 20.8 Å². The van der Waals surface area contributed by atoms with Gasteiger partial charge in [-0.2, -0.15) is 0 Å². The van der Waals surface area contributed by atoms with E-state index in [4.69, 9.17) is 11.6 Å². The summed E-state index contributed by atoms with van der Waals surface area (Å²) in [5.41, 5.74) is 0. The molecule has 0 bridgehead atoms. The number of sulfonamides is 1. The lowest BCUT2D eigenvalue weighted by Gasteiger charge is -2.16. The minimum absolute atomic E-state index is 0.115. The lowest BCUT2D eigenvalue weighted by Crippen LogP contribution is -2.35. The fourth-order valence-electron chi connectivity index (χ4n) is 0.802. The zero-order valence-electron chi connectivity index (χ0n) is 8.69. The van der Waals surface area contributed by atoms with Crippen molar-refractivity contribution in [2.75, 3.05) is 0 Å². The van der Waals surface area contributed by atoms with Crippen LogP contribution < -0.4 is 4.72 Å². The highest BCUT2D eigenvalue weighted by atomic mass is 35.5. The van der Waals surface area contributed by atoms with Crippen LogP contribution in [0.25, 0.3) is 0 Å². The molecule has 1 rings (SSSR count). The molecule has 1 heterocycles. The van der Waals surface area contributed by atoms with Crippen LogP contribution in [0.5, 0.6) is 0 Å². The van der Waals surface area contributed by atoms with E-state index in [1.54, 1.807) is 0 Å². The maximum atomic E-state index is 11.8. The predicted octanol–water partition coefficient (Wildman–Crippen LogP) is 2.12. The van der Waals surface area contributed by atoms with Crippen molar-refractivity contribution in [1.82, 2.24) is 9.71 Å². The van der Waals surface area contributed by atoms with E-state index in [2.05, 4.69) is 9.71 Å². The third-order valence-electron chi connectivity index (χ3n) is 2.06. The Morgan fingerprint density at radius 1 is 1.47 bits per heavy atom. The van der Waals surface area contributed by atoms with Gasteiger partial charge in [-0.25, -0.2) is 18.1 Å². The fraction of sp³-hybridized carbons (Fsp3) is 0.625. The Balaban J connectivity index is 2.85. The van der Waals surface area contributed by atoms with Gasteiger partial charge in [0.05, 0.1) is 6.20 Å². The second-order valence-electron chi connectivity index (χ2n) is 3.59. The average Bonchev–Trinajstić information content (AvgIpc) is 2.51. The van der Waals surface area contributed by atoms with Gasteiger partial charge in [0, 0.05) is 6.04 Å². The smallest absolute Gasteiger partial charge is 0.232 e. The molecule has 0 radical (unpaired) electrons. The maximum absolute atomic E-state index is 11.8. The third kappa shape index (κ3) is 3.41. The number of halogens is 1. The van der Waals surface area contributed by atoms with Gasteiger partial charge in [-0.15, -0.1) is 0 Å². The second kappa shape index (κ2) is 4.78. The summed E-state index contributed by atoms with van der Waals surface area (Å²) >= 11 is 6.53. The largest absolute Gasteiger partial charge is 0.251 e. The highest BCUT2D eigenvalue weighted by molar-refractivity contribution is 7.91. The molecule has 1 aromatic rings. The van der Waals surface area contributed by atoms with E-state index in [9.17, 15) is 8.42 Å². The molecule has 0 saturated heterocycles. The number of hydrogen-bond acceptors (Lipinski definition) is 4. The third-order valence-corrected chi connectivity index (χ3v) is 5.20. The standard InChI is InChI=1S/C8H13ClN2O2S2/c1-5(2)6(3)11-15(12,13)7-4-10-8(9)14-7/h4-6,11H,1-3H3. The molecule has 4 nitrogen and oxygen atoms in total. The molecule has 0 amide bonds. The Labute approximate surface area is 98.7 Å². The first-order valence-corrected chi connectivity index (χ1v) is 7.14. The number of nitrogens with zero attached hydrogens (tertiary/aromatic N) is 1. The van der Waals surface area contributed by atoms with Gasteiger partial charge >= 0.3 is 0 Å². The van der Waals surface area contributed by atoms with Gasteiger partial charge in [0.25, 0.3) is 10.0 Å². The molecule has 1 aromatic heterocycles. The molecule has 1 N–H and O–H groups in total. The molecule has 7 heteroatoms. The lowest BCUT2D eigenvalue weighted by atomic mass is 10.1. The molecule has 15 heavy (non-hydrogen) atoms. The fourth-order valence-corrected chi connectivity index (χ4v) is 3.50. The van der Waals surface area contributed by atoms with E-state index in [1.807, 2.05) is 20.8 Å². The van der Waals surface area contributed by atoms with Crippen LogP contribution in [-0.2, 0) is 10.0 Å². The van der Waals surface area contributed by atoms with Gasteiger partial charge < -0.3 is 0 Å². The van der Waals surface area contributed by atoms with Crippen LogP contribution in [0.15, 0.2) is 10.4 Å². The van der Waals surface area contributed by atoms with Crippen molar-refractivity contribution in [2.24, 2.45) is 5.92 Å². The van der Waals surface area contributed by atoms with Gasteiger partial charge in [0.2, 0.25) is 0 Å². The Morgan fingerprint density at radius 3 is 2.47 bits per heavy atom. The van der Waals surface area contributed by atoms with E-state index in [0.717, 1.165) is 11.3 Å². The topological polar surface area (TPSA) is 59.1 Å². The SMILES string of the molecule is CC(C)C(C)NS(=O)(=O)c1cnc(Cl)s1. The van der Waals surface area contributed by atoms with Gasteiger partial charge in [0.1, 0.15) is 0 Å². The average molecular weight is 269 g/mol. The normalized spacial score (nSPS) is 14.5. The summed E-state index contributed by atoms with van der Waals surface area (Å²) in [6, 6.07) is -0.115. The summed E-state index contributed by atoms with van der Waals surface area (Å²) in [4.78, 5) is 3.70. The molecule has 0 aliphatic carbocycles. The maximum Gasteiger partial charge on any atom is 0.251 e. The number of thiazole rings is 1. The Hall–Kier alpha value is -0.170. The minimum atomic E-state index is -3.46. The van der Waals surface area contributed by atoms with Crippen LogP contribution in [0.3, 0.4) is 0 Å². The second-order valence-corrected chi connectivity index (χ2v) is 7.14. The van der Waals surface area contributed by atoms with E-state index in [-0.39, 0.29) is 20.6 Å². The zero-order valence-corrected chi connectivity index (χ0v) is 11.1. The van der Waals surface area contributed by atoms with Crippen molar-refractivity contribution >= 4 is 33.0 Å². The van der Waals surface area contributed by atoms with Gasteiger partial charge in [-0.1, -0.05) is 36.8 Å². The van der Waals surface area contributed by atoms with Crippen molar-refractivity contribution in [1.29, 1.82) is 0 Å². The molecular weight excluding hydrogens is 256 g/mol. The van der Waals surface area contributed by atoms with Crippen LogP contribution in [0, 0.1) is 5.92 Å². The van der Waals surface area contributed by atoms with Gasteiger partial charge in [-0.3, -0.25) is 0 Å². The lowest BCUT2D eigenvalue weighted by molar-refractivity contribution is 0.477. The monoisotopic (exact) mass is 268 g/mol. The van der Waals surface area contributed by atoms with E-state index in [1.165, 1.54) is 6.20 Å². The summed E-state index contributed by atoms with van der Waals surface area (Å²) in [5.74, 6) is 0.239. The molecule has 0 aromatic carbocycles. The van der Waals surface area contributed by atoms with Gasteiger partial charge in [-0.05, 0) is 12.8 Å². The molecular formula is C8H13ClN2O2S2. The van der Waals surface area contributed by atoms with Crippen LogP contribution in [0.4, 0.5) is 0 Å². The first-order valence-electron chi connectivity index (χ1n) is 4.46. The quantitative estimate of drug-likeness (QED) is 0.910. The summed E-state index contributed by atoms with van der Waals surface area (Å²) < 4.78 is 26.5. The number of hydrogen-bond donors (Lipinski definition) is 1.